The predicted octanol–water partition coefficient (Wildman–Crippen LogP) is 3.25. The first-order valence-corrected chi connectivity index (χ1v) is 6.43. The Balaban J connectivity index is 1.79. The lowest BCUT2D eigenvalue weighted by Gasteiger charge is -2.08. The van der Waals surface area contributed by atoms with Gasteiger partial charge in [0.05, 0.1) is 24.5 Å². The summed E-state index contributed by atoms with van der Waals surface area (Å²) >= 11 is 0. The molecule has 2 heterocycles. The molecule has 2 aromatic heterocycles. The Morgan fingerprint density at radius 2 is 1.95 bits per heavy atom. The quantitative estimate of drug-likeness (QED) is 0.786. The van der Waals surface area contributed by atoms with Crippen molar-refractivity contribution in [3.63, 3.8) is 0 Å². The molecule has 1 aromatic carbocycles. The fraction of sp³-hybridized carbons (Fsp3) is 0.125. The van der Waals surface area contributed by atoms with Gasteiger partial charge < -0.3 is 10.1 Å². The van der Waals surface area contributed by atoms with Crippen LogP contribution in [0, 0.1) is 0 Å². The zero-order chi connectivity index (χ0) is 13.8. The van der Waals surface area contributed by atoms with E-state index in [4.69, 9.17) is 4.74 Å². The first kappa shape index (κ1) is 12.4. The van der Waals surface area contributed by atoms with E-state index in [-0.39, 0.29) is 0 Å². The molecule has 20 heavy (non-hydrogen) atoms. The maximum Gasteiger partial charge on any atom is 0.213 e. The highest BCUT2D eigenvalue weighted by atomic mass is 16.5. The molecule has 0 saturated carbocycles. The smallest absolute Gasteiger partial charge is 0.213 e. The van der Waals surface area contributed by atoms with Gasteiger partial charge >= 0.3 is 0 Å². The van der Waals surface area contributed by atoms with Gasteiger partial charge in [-0.3, -0.25) is 4.98 Å². The minimum Gasteiger partial charge on any atom is -0.481 e. The standard InChI is InChI=1S/C16H15N3O/c1-20-15-8-7-14(11-19-15)18-10-13-5-2-4-12-6-3-9-17-16(12)13/h2-9,11,18H,10H2,1H3. The van der Waals surface area contributed by atoms with E-state index >= 15 is 0 Å². The van der Waals surface area contributed by atoms with Crippen LogP contribution in [0.1, 0.15) is 5.56 Å². The molecule has 0 aliphatic heterocycles. The van der Waals surface area contributed by atoms with Gasteiger partial charge in [-0.25, -0.2) is 4.98 Å². The molecule has 0 amide bonds. The van der Waals surface area contributed by atoms with Gasteiger partial charge in [-0.2, -0.15) is 0 Å². The number of aromatic nitrogens is 2. The van der Waals surface area contributed by atoms with Gasteiger partial charge in [0.2, 0.25) is 5.88 Å². The van der Waals surface area contributed by atoms with Crippen molar-refractivity contribution >= 4 is 16.6 Å². The number of ether oxygens (including phenoxy) is 1. The average molecular weight is 265 g/mol. The van der Waals surface area contributed by atoms with Crippen LogP contribution >= 0.6 is 0 Å². The zero-order valence-corrected chi connectivity index (χ0v) is 11.2. The Bertz CT molecular complexity index is 705. The van der Waals surface area contributed by atoms with Crippen molar-refractivity contribution in [1.82, 2.24) is 9.97 Å². The molecule has 1 N–H and O–H groups in total. The van der Waals surface area contributed by atoms with Gasteiger partial charge in [0.25, 0.3) is 0 Å². The second-order valence-corrected chi connectivity index (χ2v) is 4.44. The Morgan fingerprint density at radius 3 is 2.75 bits per heavy atom. The molecule has 0 aliphatic carbocycles. The minimum atomic E-state index is 0.613. The van der Waals surface area contributed by atoms with E-state index in [9.17, 15) is 0 Å². The Hall–Kier alpha value is -2.62. The summed E-state index contributed by atoms with van der Waals surface area (Å²) in [5, 5.41) is 4.50. The van der Waals surface area contributed by atoms with Gasteiger partial charge in [0, 0.05) is 24.2 Å². The van der Waals surface area contributed by atoms with Crippen molar-refractivity contribution in [2.24, 2.45) is 0 Å². The molecule has 0 aliphatic rings. The number of fused-ring (bicyclic) bond motifs is 1. The zero-order valence-electron chi connectivity index (χ0n) is 11.2. The van der Waals surface area contributed by atoms with Crippen LogP contribution in [0.5, 0.6) is 5.88 Å². The van der Waals surface area contributed by atoms with Crippen molar-refractivity contribution in [3.8, 4) is 5.88 Å². The fourth-order valence-electron chi connectivity index (χ4n) is 2.11. The number of rotatable bonds is 4. The van der Waals surface area contributed by atoms with E-state index in [1.165, 1.54) is 5.56 Å². The van der Waals surface area contributed by atoms with Crippen LogP contribution in [0.25, 0.3) is 10.9 Å². The summed E-state index contributed by atoms with van der Waals surface area (Å²) in [6, 6.07) is 14.0. The number of pyridine rings is 2. The average Bonchev–Trinajstić information content (AvgIpc) is 2.53. The maximum absolute atomic E-state index is 5.04. The summed E-state index contributed by atoms with van der Waals surface area (Å²) in [7, 11) is 1.61. The largest absolute Gasteiger partial charge is 0.481 e. The van der Waals surface area contributed by atoms with E-state index in [2.05, 4.69) is 33.5 Å². The molecule has 3 rings (SSSR count). The molecule has 0 fully saturated rings. The molecule has 0 unspecified atom stereocenters. The summed E-state index contributed by atoms with van der Waals surface area (Å²) in [6.45, 7) is 0.711. The van der Waals surface area contributed by atoms with Crippen LogP contribution in [0.15, 0.2) is 54.9 Å². The van der Waals surface area contributed by atoms with E-state index in [1.807, 2.05) is 30.5 Å². The van der Waals surface area contributed by atoms with E-state index in [0.717, 1.165) is 16.6 Å². The Kier molecular flexibility index (Phi) is 3.46. The topological polar surface area (TPSA) is 47.0 Å². The molecule has 0 bridgehead atoms. The first-order valence-electron chi connectivity index (χ1n) is 6.43. The normalized spacial score (nSPS) is 10.4. The molecule has 0 radical (unpaired) electrons. The SMILES string of the molecule is COc1ccc(NCc2cccc3cccnc23)cn1. The summed E-state index contributed by atoms with van der Waals surface area (Å²) in [6.07, 6.45) is 3.58. The molecule has 100 valence electrons. The molecular formula is C16H15N3O. The van der Waals surface area contributed by atoms with E-state index in [0.29, 0.717) is 12.4 Å². The lowest BCUT2D eigenvalue weighted by molar-refractivity contribution is 0.398. The highest BCUT2D eigenvalue weighted by molar-refractivity contribution is 5.81. The van der Waals surface area contributed by atoms with Gasteiger partial charge in [0.15, 0.2) is 0 Å². The highest BCUT2D eigenvalue weighted by Crippen LogP contribution is 2.18. The van der Waals surface area contributed by atoms with Gasteiger partial charge in [-0.15, -0.1) is 0 Å². The van der Waals surface area contributed by atoms with Crippen molar-refractivity contribution in [2.45, 2.75) is 6.54 Å². The highest BCUT2D eigenvalue weighted by Gasteiger charge is 2.02. The molecule has 3 aromatic rings. The summed E-state index contributed by atoms with van der Waals surface area (Å²) in [5.41, 5.74) is 3.15. The summed E-state index contributed by atoms with van der Waals surface area (Å²) in [4.78, 5) is 8.62. The third-order valence-electron chi connectivity index (χ3n) is 3.14. The third kappa shape index (κ3) is 2.54. The summed E-state index contributed by atoms with van der Waals surface area (Å²) < 4.78 is 5.04. The van der Waals surface area contributed by atoms with Crippen LogP contribution in [-0.2, 0) is 6.54 Å². The van der Waals surface area contributed by atoms with Crippen LogP contribution in [-0.4, -0.2) is 17.1 Å². The van der Waals surface area contributed by atoms with E-state index in [1.54, 1.807) is 13.3 Å². The number of nitrogens with zero attached hydrogens (tertiary/aromatic N) is 2. The van der Waals surface area contributed by atoms with Crippen molar-refractivity contribution < 1.29 is 4.74 Å². The van der Waals surface area contributed by atoms with Gasteiger partial charge in [-0.05, 0) is 17.7 Å². The van der Waals surface area contributed by atoms with Crippen molar-refractivity contribution in [2.75, 3.05) is 12.4 Å². The van der Waals surface area contributed by atoms with Crippen LogP contribution < -0.4 is 10.1 Å². The predicted molar refractivity (Wildman–Crippen MR) is 79.9 cm³/mol. The minimum absolute atomic E-state index is 0.613. The molecule has 0 saturated heterocycles. The van der Waals surface area contributed by atoms with Crippen molar-refractivity contribution in [1.29, 1.82) is 0 Å². The van der Waals surface area contributed by atoms with Crippen LogP contribution in [0.3, 0.4) is 0 Å². The van der Waals surface area contributed by atoms with Crippen LogP contribution in [0.2, 0.25) is 0 Å². The van der Waals surface area contributed by atoms with E-state index < -0.39 is 0 Å². The molecule has 0 atom stereocenters. The molecule has 4 nitrogen and oxygen atoms in total. The lowest BCUT2D eigenvalue weighted by Crippen LogP contribution is -2.01. The summed E-state index contributed by atoms with van der Waals surface area (Å²) in [5.74, 6) is 0.613. The number of benzene rings is 1. The fourth-order valence-corrected chi connectivity index (χ4v) is 2.11. The third-order valence-corrected chi connectivity index (χ3v) is 3.14. The van der Waals surface area contributed by atoms with Gasteiger partial charge in [-0.1, -0.05) is 24.3 Å². The Labute approximate surface area is 117 Å². The Morgan fingerprint density at radius 1 is 1.05 bits per heavy atom. The second kappa shape index (κ2) is 5.57. The number of para-hydroxylation sites is 1. The maximum atomic E-state index is 5.04. The van der Waals surface area contributed by atoms with Gasteiger partial charge in [0.1, 0.15) is 0 Å². The van der Waals surface area contributed by atoms with Crippen molar-refractivity contribution in [3.05, 3.63) is 60.4 Å². The number of nitrogens with one attached hydrogen (secondary N) is 1. The number of hydrogen-bond acceptors (Lipinski definition) is 4. The number of methoxy groups -OCH3 is 1. The number of hydrogen-bond donors (Lipinski definition) is 1. The monoisotopic (exact) mass is 265 g/mol. The second-order valence-electron chi connectivity index (χ2n) is 4.44. The molecule has 0 spiro atoms. The lowest BCUT2D eigenvalue weighted by atomic mass is 10.1. The number of anilines is 1. The first-order chi connectivity index (χ1) is 9.86. The molecule has 4 heteroatoms. The van der Waals surface area contributed by atoms with Crippen LogP contribution in [0.4, 0.5) is 5.69 Å². The molecular weight excluding hydrogens is 250 g/mol.